The van der Waals surface area contributed by atoms with Crippen molar-refractivity contribution in [3.05, 3.63) is 23.8 Å². The summed E-state index contributed by atoms with van der Waals surface area (Å²) in [6.45, 7) is 2.48. The third-order valence-corrected chi connectivity index (χ3v) is 2.84. The normalized spacial score (nSPS) is 10.5. The van der Waals surface area contributed by atoms with E-state index >= 15 is 0 Å². The number of methoxy groups -OCH3 is 3. The van der Waals surface area contributed by atoms with E-state index < -0.39 is 0 Å². The second-order valence-electron chi connectivity index (χ2n) is 4.31. The fourth-order valence-electron chi connectivity index (χ4n) is 1.73. The van der Waals surface area contributed by atoms with Gasteiger partial charge in [0, 0.05) is 6.08 Å². The fraction of sp³-hybridized carbons (Fsp3) is 0.438. The van der Waals surface area contributed by atoms with E-state index in [0.29, 0.717) is 23.9 Å². The molecule has 0 spiro atoms. The van der Waals surface area contributed by atoms with Gasteiger partial charge in [-0.05, 0) is 30.2 Å². The minimum Gasteiger partial charge on any atom is -0.493 e. The number of hydrogen-bond acceptors (Lipinski definition) is 5. The van der Waals surface area contributed by atoms with Gasteiger partial charge in [0.1, 0.15) is 0 Å². The molecule has 0 amide bonds. The van der Waals surface area contributed by atoms with Gasteiger partial charge in [0.25, 0.3) is 0 Å². The largest absolute Gasteiger partial charge is 0.493 e. The molecule has 21 heavy (non-hydrogen) atoms. The molecular formula is C16H22O5. The van der Waals surface area contributed by atoms with Crippen LogP contribution in [0.25, 0.3) is 6.08 Å². The average molecular weight is 294 g/mol. The van der Waals surface area contributed by atoms with Crippen LogP contribution >= 0.6 is 0 Å². The highest BCUT2D eigenvalue weighted by atomic mass is 16.5. The lowest BCUT2D eigenvalue weighted by atomic mass is 10.1. The molecule has 0 aliphatic heterocycles. The summed E-state index contributed by atoms with van der Waals surface area (Å²) in [6, 6.07) is 3.52. The average Bonchev–Trinajstić information content (AvgIpc) is 2.51. The van der Waals surface area contributed by atoms with E-state index in [1.807, 2.05) is 6.92 Å². The molecular weight excluding hydrogens is 272 g/mol. The number of rotatable bonds is 8. The molecule has 5 nitrogen and oxygen atoms in total. The Morgan fingerprint density at radius 2 is 1.71 bits per heavy atom. The maximum absolute atomic E-state index is 11.5. The summed E-state index contributed by atoms with van der Waals surface area (Å²) in [5.41, 5.74) is 0.761. The van der Waals surface area contributed by atoms with Crippen molar-refractivity contribution in [1.82, 2.24) is 0 Å². The molecule has 1 aromatic rings. The Bertz CT molecular complexity index is 468. The van der Waals surface area contributed by atoms with Gasteiger partial charge in [0.05, 0.1) is 27.9 Å². The number of unbranched alkanes of at least 4 members (excludes halogenated alkanes) is 1. The third kappa shape index (κ3) is 5.02. The van der Waals surface area contributed by atoms with Gasteiger partial charge in [-0.1, -0.05) is 13.3 Å². The standard InChI is InChI=1S/C16H22O5/c1-5-6-9-21-15(17)8-7-12-10-13(18-2)16(20-4)14(11-12)19-3/h7-8,10-11H,5-6,9H2,1-4H3/b8-7+. The summed E-state index contributed by atoms with van der Waals surface area (Å²) in [4.78, 5) is 11.5. The second kappa shape index (κ2) is 8.89. The van der Waals surface area contributed by atoms with Crippen LogP contribution in [-0.2, 0) is 9.53 Å². The molecule has 0 aliphatic carbocycles. The molecule has 0 unspecified atom stereocenters. The predicted octanol–water partition coefficient (Wildman–Crippen LogP) is 3.07. The Hall–Kier alpha value is -2.17. The molecule has 1 aromatic carbocycles. The van der Waals surface area contributed by atoms with Gasteiger partial charge in [-0.3, -0.25) is 0 Å². The van der Waals surface area contributed by atoms with Crippen molar-refractivity contribution in [2.45, 2.75) is 19.8 Å². The Labute approximate surface area is 125 Å². The highest BCUT2D eigenvalue weighted by Gasteiger charge is 2.12. The highest BCUT2D eigenvalue weighted by Crippen LogP contribution is 2.38. The van der Waals surface area contributed by atoms with Crippen LogP contribution < -0.4 is 14.2 Å². The molecule has 0 saturated carbocycles. The zero-order valence-electron chi connectivity index (χ0n) is 13.0. The summed E-state index contributed by atoms with van der Waals surface area (Å²) < 4.78 is 20.8. The second-order valence-corrected chi connectivity index (χ2v) is 4.31. The number of carbonyl (C=O) groups is 1. The van der Waals surface area contributed by atoms with Crippen LogP contribution in [0.4, 0.5) is 0 Å². The van der Waals surface area contributed by atoms with Crippen molar-refractivity contribution in [1.29, 1.82) is 0 Å². The van der Waals surface area contributed by atoms with Crippen LogP contribution in [0.2, 0.25) is 0 Å². The van der Waals surface area contributed by atoms with E-state index in [-0.39, 0.29) is 5.97 Å². The molecule has 5 heteroatoms. The van der Waals surface area contributed by atoms with E-state index in [4.69, 9.17) is 18.9 Å². The van der Waals surface area contributed by atoms with E-state index in [2.05, 4.69) is 0 Å². The first-order valence-corrected chi connectivity index (χ1v) is 6.81. The highest BCUT2D eigenvalue weighted by molar-refractivity contribution is 5.87. The van der Waals surface area contributed by atoms with Crippen molar-refractivity contribution in [2.75, 3.05) is 27.9 Å². The number of benzene rings is 1. The summed E-state index contributed by atoms with van der Waals surface area (Å²) in [7, 11) is 4.63. The Morgan fingerprint density at radius 3 is 2.19 bits per heavy atom. The lowest BCUT2D eigenvalue weighted by Crippen LogP contribution is -2.01. The first kappa shape index (κ1) is 16.9. The van der Waals surface area contributed by atoms with Gasteiger partial charge in [-0.25, -0.2) is 4.79 Å². The van der Waals surface area contributed by atoms with Gasteiger partial charge in [-0.15, -0.1) is 0 Å². The minimum atomic E-state index is -0.364. The van der Waals surface area contributed by atoms with E-state index in [9.17, 15) is 4.79 Å². The van der Waals surface area contributed by atoms with Crippen molar-refractivity contribution in [3.8, 4) is 17.2 Å². The van der Waals surface area contributed by atoms with Gasteiger partial charge in [0.2, 0.25) is 5.75 Å². The number of carbonyl (C=O) groups excluding carboxylic acids is 1. The van der Waals surface area contributed by atoms with Crippen molar-refractivity contribution < 1.29 is 23.7 Å². The zero-order chi connectivity index (χ0) is 15.7. The monoisotopic (exact) mass is 294 g/mol. The molecule has 0 heterocycles. The minimum absolute atomic E-state index is 0.364. The number of ether oxygens (including phenoxy) is 4. The Kier molecular flexibility index (Phi) is 7.15. The quantitative estimate of drug-likeness (QED) is 0.419. The SMILES string of the molecule is CCCCOC(=O)/C=C/c1cc(OC)c(OC)c(OC)c1. The summed E-state index contributed by atoms with van der Waals surface area (Å²) in [6.07, 6.45) is 4.89. The van der Waals surface area contributed by atoms with Crippen molar-refractivity contribution >= 4 is 12.0 Å². The number of esters is 1. The molecule has 1 rings (SSSR count). The first-order valence-electron chi connectivity index (χ1n) is 6.81. The van der Waals surface area contributed by atoms with Crippen LogP contribution in [0.15, 0.2) is 18.2 Å². The molecule has 116 valence electrons. The molecule has 0 fully saturated rings. The maximum atomic E-state index is 11.5. The van der Waals surface area contributed by atoms with Crippen LogP contribution in [0.5, 0.6) is 17.2 Å². The summed E-state index contributed by atoms with van der Waals surface area (Å²) >= 11 is 0. The molecule has 0 aliphatic rings. The van der Waals surface area contributed by atoms with Crippen LogP contribution in [0.1, 0.15) is 25.3 Å². The van der Waals surface area contributed by atoms with Crippen molar-refractivity contribution in [2.24, 2.45) is 0 Å². The molecule has 0 atom stereocenters. The Morgan fingerprint density at radius 1 is 1.10 bits per heavy atom. The molecule has 0 aromatic heterocycles. The third-order valence-electron chi connectivity index (χ3n) is 2.84. The van der Waals surface area contributed by atoms with Crippen LogP contribution in [0, 0.1) is 0 Å². The molecule has 0 bridgehead atoms. The van der Waals surface area contributed by atoms with E-state index in [1.165, 1.54) is 6.08 Å². The lowest BCUT2D eigenvalue weighted by molar-refractivity contribution is -0.137. The smallest absolute Gasteiger partial charge is 0.330 e. The molecule has 0 saturated heterocycles. The van der Waals surface area contributed by atoms with Crippen LogP contribution in [-0.4, -0.2) is 33.9 Å². The summed E-state index contributed by atoms with van der Waals surface area (Å²) in [5, 5.41) is 0. The molecule has 0 N–H and O–H groups in total. The molecule has 0 radical (unpaired) electrons. The first-order chi connectivity index (χ1) is 10.2. The summed E-state index contributed by atoms with van der Waals surface area (Å²) in [5.74, 6) is 1.23. The maximum Gasteiger partial charge on any atom is 0.330 e. The Balaban J connectivity index is 2.86. The predicted molar refractivity (Wildman–Crippen MR) is 81.0 cm³/mol. The van der Waals surface area contributed by atoms with Crippen LogP contribution in [0.3, 0.4) is 0 Å². The van der Waals surface area contributed by atoms with E-state index in [1.54, 1.807) is 39.5 Å². The van der Waals surface area contributed by atoms with Gasteiger partial charge < -0.3 is 18.9 Å². The zero-order valence-corrected chi connectivity index (χ0v) is 13.0. The van der Waals surface area contributed by atoms with E-state index in [0.717, 1.165) is 18.4 Å². The van der Waals surface area contributed by atoms with Crippen molar-refractivity contribution in [3.63, 3.8) is 0 Å². The van der Waals surface area contributed by atoms with Gasteiger partial charge >= 0.3 is 5.97 Å². The fourth-order valence-corrected chi connectivity index (χ4v) is 1.73. The van der Waals surface area contributed by atoms with Gasteiger partial charge in [0.15, 0.2) is 11.5 Å². The number of hydrogen-bond donors (Lipinski definition) is 0. The lowest BCUT2D eigenvalue weighted by Gasteiger charge is -2.12. The van der Waals surface area contributed by atoms with Gasteiger partial charge in [-0.2, -0.15) is 0 Å². The topological polar surface area (TPSA) is 54.0 Å².